The molecule has 0 heterocycles. The van der Waals surface area contributed by atoms with E-state index >= 15 is 0 Å². The predicted molar refractivity (Wildman–Crippen MR) is 48.2 cm³/mol. The summed E-state index contributed by atoms with van der Waals surface area (Å²) in [4.78, 5) is 0. The Hall–Kier alpha value is -0.680. The van der Waals surface area contributed by atoms with E-state index in [9.17, 15) is 0 Å². The first-order valence-electron chi connectivity index (χ1n) is 3.34. The lowest BCUT2D eigenvalue weighted by atomic mass is 10.3. The lowest BCUT2D eigenvalue weighted by molar-refractivity contribution is 0.248. The van der Waals surface area contributed by atoms with E-state index in [0.717, 1.165) is 0 Å². The monoisotopic (exact) mass is 238 g/mol. The zero-order valence-electron chi connectivity index (χ0n) is 6.58. The normalized spacial score (nSPS) is 15.2. The fraction of sp³-hybridized carbons (Fsp3) is 0.429. The molecule has 4 N–H and O–H groups in total. The molecule has 0 bridgehead atoms. The second-order valence-electron chi connectivity index (χ2n) is 2.07. The Bertz CT molecular complexity index is 195. The van der Waals surface area contributed by atoms with Gasteiger partial charge in [-0.2, -0.15) is 0 Å². The molecule has 0 aromatic carbocycles. The average molecular weight is 239 g/mol. The number of hydrogen-bond acceptors (Lipinski definition) is 4. The van der Waals surface area contributed by atoms with E-state index in [1.807, 2.05) is 0 Å². The van der Waals surface area contributed by atoms with Gasteiger partial charge in [0.1, 0.15) is 22.6 Å². The summed E-state index contributed by atoms with van der Waals surface area (Å²) in [5.41, 5.74) is 0. The molecule has 0 saturated heterocycles. The van der Waals surface area contributed by atoms with Crippen LogP contribution in [-0.4, -0.2) is 27.0 Å². The number of aliphatic hydroxyl groups is 4. The van der Waals surface area contributed by atoms with E-state index in [4.69, 9.17) is 20.4 Å². The zero-order chi connectivity index (χ0) is 9.72. The maximum absolute atomic E-state index is 9.14. The van der Waals surface area contributed by atoms with Crippen LogP contribution in [0.5, 0.6) is 0 Å². The molecule has 0 unspecified atom stereocenters. The van der Waals surface area contributed by atoms with Crippen molar-refractivity contribution in [2.24, 2.45) is 0 Å². The molecule has 0 aliphatic rings. The van der Waals surface area contributed by atoms with E-state index in [2.05, 4.69) is 15.9 Å². The minimum Gasteiger partial charge on any atom is -0.509 e. The molecule has 0 amide bonds. The maximum Gasteiger partial charge on any atom is 0.171 e. The molecular weight excluding hydrogens is 228 g/mol. The predicted octanol–water partition coefficient (Wildman–Crippen LogP) is 1.88. The van der Waals surface area contributed by atoms with Gasteiger partial charge >= 0.3 is 0 Å². The van der Waals surface area contributed by atoms with Crippen LogP contribution in [0.3, 0.4) is 0 Å². The van der Waals surface area contributed by atoms with E-state index in [1.165, 1.54) is 0 Å². The van der Waals surface area contributed by atoms with Crippen molar-refractivity contribution < 1.29 is 20.4 Å². The van der Waals surface area contributed by atoms with Crippen molar-refractivity contribution in [3.63, 3.8) is 0 Å². The highest BCUT2D eigenvalue weighted by molar-refractivity contribution is 9.12. The molecule has 0 radical (unpaired) electrons. The first kappa shape index (κ1) is 11.3. The van der Waals surface area contributed by atoms with Crippen molar-refractivity contribution in [1.29, 1.82) is 0 Å². The zero-order valence-corrected chi connectivity index (χ0v) is 8.17. The molecule has 0 fully saturated rings. The van der Waals surface area contributed by atoms with Gasteiger partial charge in [-0.1, -0.05) is 6.92 Å². The summed E-state index contributed by atoms with van der Waals surface area (Å²) in [6, 6.07) is 0. The second-order valence-corrected chi connectivity index (χ2v) is 2.86. The molecular formula is C7H11BrO4. The van der Waals surface area contributed by atoms with Gasteiger partial charge in [-0.25, -0.2) is 0 Å². The average Bonchev–Trinajstić information content (AvgIpc) is 2.12. The smallest absolute Gasteiger partial charge is 0.171 e. The van der Waals surface area contributed by atoms with Gasteiger partial charge in [-0.05, 0) is 15.9 Å². The van der Waals surface area contributed by atoms with Crippen molar-refractivity contribution in [3.05, 3.63) is 21.8 Å². The van der Waals surface area contributed by atoms with Crippen LogP contribution in [-0.2, 0) is 0 Å². The summed E-state index contributed by atoms with van der Waals surface area (Å²) >= 11 is 2.81. The van der Waals surface area contributed by atoms with Gasteiger partial charge in [0.15, 0.2) is 5.76 Å². The Morgan fingerprint density at radius 2 is 1.67 bits per heavy atom. The van der Waals surface area contributed by atoms with Crippen LogP contribution >= 0.6 is 15.9 Å². The highest BCUT2D eigenvalue weighted by atomic mass is 79.9. The van der Waals surface area contributed by atoms with E-state index < -0.39 is 18.1 Å². The Labute approximate surface area is 78.6 Å². The Morgan fingerprint density at radius 3 is 2.00 bits per heavy atom. The van der Waals surface area contributed by atoms with Gasteiger partial charge in [-0.15, -0.1) is 0 Å². The standard InChI is InChI=1S/C7H11BrO4/c1-2-4(10)7(12)6(8)5(11)3-9/h9-12H,2-3H2,1H3/b6-5-,7-4-. The first-order chi connectivity index (χ1) is 5.54. The van der Waals surface area contributed by atoms with Crippen LogP contribution in [0, 0.1) is 0 Å². The SMILES string of the molecule is CC/C(O)=C(O)\C(Br)=C(\O)CO. The quantitative estimate of drug-likeness (QED) is 0.447. The van der Waals surface area contributed by atoms with Gasteiger partial charge < -0.3 is 20.4 Å². The van der Waals surface area contributed by atoms with Crippen molar-refractivity contribution in [2.75, 3.05) is 6.61 Å². The van der Waals surface area contributed by atoms with E-state index in [0.29, 0.717) is 0 Å². The van der Waals surface area contributed by atoms with Gasteiger partial charge in [0.2, 0.25) is 0 Å². The number of halogens is 1. The van der Waals surface area contributed by atoms with E-state index in [1.54, 1.807) is 6.92 Å². The molecule has 5 heteroatoms. The van der Waals surface area contributed by atoms with Crippen LogP contribution in [0.2, 0.25) is 0 Å². The van der Waals surface area contributed by atoms with Crippen LogP contribution < -0.4 is 0 Å². The number of aliphatic hydroxyl groups excluding tert-OH is 4. The fourth-order valence-corrected chi connectivity index (χ4v) is 0.854. The molecule has 0 atom stereocenters. The maximum atomic E-state index is 9.14. The van der Waals surface area contributed by atoms with Gasteiger partial charge in [-0.3, -0.25) is 0 Å². The van der Waals surface area contributed by atoms with Crippen molar-refractivity contribution in [1.82, 2.24) is 0 Å². The Balaban J connectivity index is 4.82. The second kappa shape index (κ2) is 5.05. The summed E-state index contributed by atoms with van der Waals surface area (Å²) in [7, 11) is 0. The molecule has 12 heavy (non-hydrogen) atoms. The summed E-state index contributed by atoms with van der Waals surface area (Å²) in [5.74, 6) is -1.13. The third kappa shape index (κ3) is 2.75. The van der Waals surface area contributed by atoms with Gasteiger partial charge in [0.05, 0.1) is 0 Å². The summed E-state index contributed by atoms with van der Waals surface area (Å²) in [5, 5.41) is 35.5. The summed E-state index contributed by atoms with van der Waals surface area (Å²) in [6.45, 7) is 1.05. The third-order valence-electron chi connectivity index (χ3n) is 1.22. The molecule has 0 rings (SSSR count). The van der Waals surface area contributed by atoms with Crippen LogP contribution in [0.4, 0.5) is 0 Å². The highest BCUT2D eigenvalue weighted by Crippen LogP contribution is 2.21. The molecule has 0 spiro atoms. The largest absolute Gasteiger partial charge is 0.509 e. The summed E-state index contributed by atoms with van der Waals surface area (Å²) < 4.78 is -0.0932. The Kier molecular flexibility index (Phi) is 4.77. The minimum absolute atomic E-state index is 0.0932. The Morgan fingerprint density at radius 1 is 1.17 bits per heavy atom. The lowest BCUT2D eigenvalue weighted by Crippen LogP contribution is -1.97. The topological polar surface area (TPSA) is 80.9 Å². The van der Waals surface area contributed by atoms with Crippen molar-refractivity contribution >= 4 is 15.9 Å². The number of allylic oxidation sites excluding steroid dienone is 2. The molecule has 0 saturated carbocycles. The van der Waals surface area contributed by atoms with Crippen LogP contribution in [0.25, 0.3) is 0 Å². The van der Waals surface area contributed by atoms with Gasteiger partial charge in [0.25, 0.3) is 0 Å². The molecule has 0 aromatic rings. The van der Waals surface area contributed by atoms with Crippen molar-refractivity contribution in [2.45, 2.75) is 13.3 Å². The fourth-order valence-electron chi connectivity index (χ4n) is 0.500. The lowest BCUT2D eigenvalue weighted by Gasteiger charge is -2.03. The number of rotatable bonds is 3. The third-order valence-corrected chi connectivity index (χ3v) is 2.05. The molecule has 0 aliphatic heterocycles. The highest BCUT2D eigenvalue weighted by Gasteiger charge is 2.10. The van der Waals surface area contributed by atoms with E-state index in [-0.39, 0.29) is 16.7 Å². The summed E-state index contributed by atoms with van der Waals surface area (Å²) in [6.07, 6.45) is 0.250. The van der Waals surface area contributed by atoms with Crippen LogP contribution in [0.15, 0.2) is 21.8 Å². The minimum atomic E-state index is -0.596. The van der Waals surface area contributed by atoms with Gasteiger partial charge in [0, 0.05) is 6.42 Å². The molecule has 70 valence electrons. The first-order valence-corrected chi connectivity index (χ1v) is 4.13. The van der Waals surface area contributed by atoms with Crippen LogP contribution in [0.1, 0.15) is 13.3 Å². The molecule has 0 aliphatic carbocycles. The molecule has 4 nitrogen and oxygen atoms in total. The molecule has 0 aromatic heterocycles. The van der Waals surface area contributed by atoms with Crippen molar-refractivity contribution in [3.8, 4) is 0 Å². The number of hydrogen-bond donors (Lipinski definition) is 4.